The normalized spacial score (nSPS) is 13.1. The van der Waals surface area contributed by atoms with Crippen LogP contribution in [0.3, 0.4) is 0 Å². The van der Waals surface area contributed by atoms with Crippen molar-refractivity contribution in [3.8, 4) is 0 Å². The highest BCUT2D eigenvalue weighted by molar-refractivity contribution is 7.92. The summed E-state index contributed by atoms with van der Waals surface area (Å²) in [6.07, 6.45) is -3.51. The standard InChI is InChI=1S/C22H20F4N2O3S/c1-12-8-18(19(23)11-20(12)28-32(3,30)31)13(2)27-21(29)16-5-4-15-10-17(22(24,25)26)7-6-14(15)9-16/h4-11,13,28H,1-3H3,(H,27,29)/t13-/m0/s1. The Labute approximate surface area is 182 Å². The summed E-state index contributed by atoms with van der Waals surface area (Å²) in [6.45, 7) is 3.17. The maximum Gasteiger partial charge on any atom is 0.416 e. The van der Waals surface area contributed by atoms with Crippen molar-refractivity contribution in [3.63, 3.8) is 0 Å². The largest absolute Gasteiger partial charge is 0.416 e. The number of alkyl halides is 3. The zero-order chi connectivity index (χ0) is 23.8. The first-order valence-corrected chi connectivity index (χ1v) is 11.3. The summed E-state index contributed by atoms with van der Waals surface area (Å²) < 4.78 is 78.2. The van der Waals surface area contributed by atoms with Crippen LogP contribution < -0.4 is 10.0 Å². The molecule has 3 aromatic rings. The van der Waals surface area contributed by atoms with Crippen molar-refractivity contribution in [2.24, 2.45) is 0 Å². The molecule has 0 spiro atoms. The quantitative estimate of drug-likeness (QED) is 0.508. The maximum absolute atomic E-state index is 14.6. The molecule has 5 nitrogen and oxygen atoms in total. The molecule has 0 heterocycles. The van der Waals surface area contributed by atoms with Gasteiger partial charge in [-0.2, -0.15) is 13.2 Å². The minimum Gasteiger partial charge on any atom is -0.345 e. The summed E-state index contributed by atoms with van der Waals surface area (Å²) in [6, 6.07) is 9.23. The zero-order valence-electron chi connectivity index (χ0n) is 17.3. The van der Waals surface area contributed by atoms with Crippen LogP contribution in [0.25, 0.3) is 10.8 Å². The molecule has 0 aliphatic rings. The van der Waals surface area contributed by atoms with E-state index in [1.807, 2.05) is 0 Å². The van der Waals surface area contributed by atoms with Gasteiger partial charge < -0.3 is 5.32 Å². The lowest BCUT2D eigenvalue weighted by molar-refractivity contribution is -0.137. The molecule has 0 fully saturated rings. The van der Waals surface area contributed by atoms with E-state index in [9.17, 15) is 30.8 Å². The molecule has 0 unspecified atom stereocenters. The molecule has 3 aromatic carbocycles. The second-order valence-electron chi connectivity index (χ2n) is 7.53. The Balaban J connectivity index is 1.82. The molecule has 1 atom stereocenters. The molecule has 0 aliphatic carbocycles. The van der Waals surface area contributed by atoms with Crippen molar-refractivity contribution >= 4 is 32.4 Å². The van der Waals surface area contributed by atoms with Crippen LogP contribution in [0.1, 0.15) is 40.0 Å². The molecule has 170 valence electrons. The van der Waals surface area contributed by atoms with E-state index < -0.39 is 39.5 Å². The van der Waals surface area contributed by atoms with Crippen molar-refractivity contribution in [1.29, 1.82) is 0 Å². The Bertz CT molecular complexity index is 1300. The second-order valence-corrected chi connectivity index (χ2v) is 9.28. The van der Waals surface area contributed by atoms with Gasteiger partial charge in [0, 0.05) is 11.1 Å². The first-order valence-electron chi connectivity index (χ1n) is 9.44. The van der Waals surface area contributed by atoms with Crippen molar-refractivity contribution in [3.05, 3.63) is 76.6 Å². The van der Waals surface area contributed by atoms with Gasteiger partial charge in [-0.25, -0.2) is 12.8 Å². The lowest BCUT2D eigenvalue weighted by Crippen LogP contribution is -2.27. The number of aryl methyl sites for hydroxylation is 1. The maximum atomic E-state index is 14.6. The summed E-state index contributed by atoms with van der Waals surface area (Å²) in [5.41, 5.74) is 0.150. The third kappa shape index (κ3) is 5.37. The average molecular weight is 468 g/mol. The van der Waals surface area contributed by atoms with Crippen LogP contribution in [0.4, 0.5) is 23.2 Å². The number of rotatable bonds is 5. The van der Waals surface area contributed by atoms with E-state index in [1.54, 1.807) is 13.8 Å². The number of carbonyl (C=O) groups excluding carboxylic acids is 1. The number of fused-ring (bicyclic) bond motifs is 1. The Morgan fingerprint density at radius 1 is 1.00 bits per heavy atom. The Morgan fingerprint density at radius 2 is 1.62 bits per heavy atom. The third-order valence-electron chi connectivity index (χ3n) is 4.88. The van der Waals surface area contributed by atoms with Gasteiger partial charge in [-0.05, 0) is 66.6 Å². The minimum atomic E-state index is -4.46. The van der Waals surface area contributed by atoms with Crippen molar-refractivity contribution in [2.45, 2.75) is 26.1 Å². The first kappa shape index (κ1) is 23.5. The third-order valence-corrected chi connectivity index (χ3v) is 5.47. The molecule has 0 aromatic heterocycles. The predicted octanol–water partition coefficient (Wildman–Crippen LogP) is 5.17. The number of halogens is 4. The van der Waals surface area contributed by atoms with Crippen LogP contribution in [-0.2, 0) is 16.2 Å². The number of benzene rings is 3. The smallest absolute Gasteiger partial charge is 0.345 e. The molecule has 10 heteroatoms. The molecule has 0 saturated carbocycles. The Hall–Kier alpha value is -3.14. The van der Waals surface area contributed by atoms with Crippen LogP contribution in [0.15, 0.2) is 48.5 Å². The highest BCUT2D eigenvalue weighted by Crippen LogP contribution is 2.32. The predicted molar refractivity (Wildman–Crippen MR) is 114 cm³/mol. The zero-order valence-corrected chi connectivity index (χ0v) is 18.2. The van der Waals surface area contributed by atoms with E-state index in [-0.39, 0.29) is 16.8 Å². The van der Waals surface area contributed by atoms with E-state index in [2.05, 4.69) is 10.0 Å². The van der Waals surface area contributed by atoms with Crippen molar-refractivity contribution in [2.75, 3.05) is 11.0 Å². The lowest BCUT2D eigenvalue weighted by Gasteiger charge is -2.18. The summed E-state index contributed by atoms with van der Waals surface area (Å²) in [7, 11) is -3.58. The lowest BCUT2D eigenvalue weighted by atomic mass is 10.0. The Kier molecular flexibility index (Phi) is 6.19. The molecule has 0 aliphatic heterocycles. The summed E-state index contributed by atoms with van der Waals surface area (Å²) in [5, 5.41) is 3.44. The first-order chi connectivity index (χ1) is 14.7. The SMILES string of the molecule is Cc1cc([C@H](C)NC(=O)c2ccc3cc(C(F)(F)F)ccc3c2)c(F)cc1NS(C)(=O)=O. The molecular formula is C22H20F4N2O3S. The number of anilines is 1. The molecular weight excluding hydrogens is 448 g/mol. The molecule has 0 saturated heterocycles. The van der Waals surface area contributed by atoms with Gasteiger partial charge in [0.15, 0.2) is 0 Å². The highest BCUT2D eigenvalue weighted by atomic mass is 32.2. The van der Waals surface area contributed by atoms with Crippen LogP contribution in [-0.4, -0.2) is 20.6 Å². The van der Waals surface area contributed by atoms with Crippen LogP contribution in [0.5, 0.6) is 0 Å². The molecule has 0 radical (unpaired) electrons. The minimum absolute atomic E-state index is 0.0973. The summed E-state index contributed by atoms with van der Waals surface area (Å²) >= 11 is 0. The van der Waals surface area contributed by atoms with Crippen molar-refractivity contribution in [1.82, 2.24) is 5.32 Å². The van der Waals surface area contributed by atoms with Crippen LogP contribution in [0.2, 0.25) is 0 Å². The number of sulfonamides is 1. The van der Waals surface area contributed by atoms with Gasteiger partial charge in [0.2, 0.25) is 10.0 Å². The molecule has 2 N–H and O–H groups in total. The number of hydrogen-bond acceptors (Lipinski definition) is 3. The van der Waals surface area contributed by atoms with E-state index in [4.69, 9.17) is 0 Å². The van der Waals surface area contributed by atoms with Gasteiger partial charge in [-0.3, -0.25) is 9.52 Å². The molecule has 0 bridgehead atoms. The van der Waals surface area contributed by atoms with E-state index >= 15 is 0 Å². The number of amides is 1. The van der Waals surface area contributed by atoms with Crippen LogP contribution >= 0.6 is 0 Å². The van der Waals surface area contributed by atoms with E-state index in [1.165, 1.54) is 30.3 Å². The van der Waals surface area contributed by atoms with Gasteiger partial charge in [0.05, 0.1) is 23.5 Å². The fourth-order valence-electron chi connectivity index (χ4n) is 3.27. The second kappa shape index (κ2) is 8.42. The van der Waals surface area contributed by atoms with Gasteiger partial charge in [0.1, 0.15) is 5.82 Å². The Morgan fingerprint density at radius 3 is 2.25 bits per heavy atom. The topological polar surface area (TPSA) is 75.3 Å². The summed E-state index contributed by atoms with van der Waals surface area (Å²) in [5.74, 6) is -1.23. The number of nitrogens with one attached hydrogen (secondary N) is 2. The fourth-order valence-corrected chi connectivity index (χ4v) is 3.89. The van der Waals surface area contributed by atoms with Gasteiger partial charge in [-0.1, -0.05) is 12.1 Å². The average Bonchev–Trinajstić information content (AvgIpc) is 2.67. The van der Waals surface area contributed by atoms with Gasteiger partial charge >= 0.3 is 6.18 Å². The monoisotopic (exact) mass is 468 g/mol. The number of hydrogen-bond donors (Lipinski definition) is 2. The van der Waals surface area contributed by atoms with Crippen LogP contribution in [0, 0.1) is 12.7 Å². The van der Waals surface area contributed by atoms with E-state index in [0.717, 1.165) is 24.5 Å². The van der Waals surface area contributed by atoms with Crippen molar-refractivity contribution < 1.29 is 30.8 Å². The molecule has 3 rings (SSSR count). The van der Waals surface area contributed by atoms with Gasteiger partial charge in [0.25, 0.3) is 5.91 Å². The molecule has 32 heavy (non-hydrogen) atoms. The number of carbonyl (C=O) groups is 1. The van der Waals surface area contributed by atoms with Gasteiger partial charge in [-0.15, -0.1) is 0 Å². The van der Waals surface area contributed by atoms with E-state index in [0.29, 0.717) is 16.3 Å². The fraction of sp³-hybridized carbons (Fsp3) is 0.227. The summed E-state index contributed by atoms with van der Waals surface area (Å²) in [4.78, 5) is 12.6. The highest BCUT2D eigenvalue weighted by Gasteiger charge is 2.30. The molecule has 1 amide bonds.